The molecule has 0 fully saturated rings. The smallest absolute Gasteiger partial charge is 0.127 e. The second-order valence-corrected chi connectivity index (χ2v) is 6.08. The molecule has 1 atom stereocenters. The van der Waals surface area contributed by atoms with E-state index in [4.69, 9.17) is 16.3 Å². The molecule has 2 aromatic rings. The number of hydrogen-bond donors (Lipinski definition) is 0. The minimum absolute atomic E-state index is 0.112. The Labute approximate surface area is 125 Å². The van der Waals surface area contributed by atoms with Gasteiger partial charge in [-0.05, 0) is 25.3 Å². The summed E-state index contributed by atoms with van der Waals surface area (Å²) >= 11 is 6.23. The Morgan fingerprint density at radius 3 is 2.85 bits per heavy atom. The summed E-state index contributed by atoms with van der Waals surface area (Å²) in [5.41, 5.74) is 1.99. The first-order chi connectivity index (χ1) is 9.59. The van der Waals surface area contributed by atoms with Crippen LogP contribution in [0.4, 0.5) is 0 Å². The van der Waals surface area contributed by atoms with Crippen LogP contribution in [0.2, 0.25) is 0 Å². The van der Waals surface area contributed by atoms with Crippen LogP contribution in [0.5, 0.6) is 0 Å². The predicted octanol–water partition coefficient (Wildman–Crippen LogP) is 3.79. The molecule has 4 nitrogen and oxygen atoms in total. The number of aryl methyl sites for hydroxylation is 1. The maximum Gasteiger partial charge on any atom is 0.127 e. The summed E-state index contributed by atoms with van der Waals surface area (Å²) in [6, 6.07) is 1.99. The van der Waals surface area contributed by atoms with Crippen molar-refractivity contribution in [1.29, 1.82) is 0 Å². The zero-order chi connectivity index (χ0) is 14.5. The average molecular weight is 296 g/mol. The van der Waals surface area contributed by atoms with Crippen molar-refractivity contribution in [1.82, 2.24) is 14.5 Å². The number of alkyl halides is 1. The maximum absolute atomic E-state index is 6.23. The molecule has 5 heteroatoms. The third-order valence-electron chi connectivity index (χ3n) is 3.06. The Kier molecular flexibility index (Phi) is 5.38. The summed E-state index contributed by atoms with van der Waals surface area (Å²) in [7, 11) is 0. The third-order valence-corrected chi connectivity index (χ3v) is 3.25. The molecule has 2 rings (SSSR count). The van der Waals surface area contributed by atoms with E-state index in [1.165, 1.54) is 0 Å². The fourth-order valence-electron chi connectivity index (χ4n) is 2.18. The summed E-state index contributed by atoms with van der Waals surface area (Å²) < 4.78 is 7.80. The molecule has 0 spiro atoms. The zero-order valence-corrected chi connectivity index (χ0v) is 13.1. The summed E-state index contributed by atoms with van der Waals surface area (Å²) in [6.07, 6.45) is 4.53. The van der Waals surface area contributed by atoms with E-state index in [0.29, 0.717) is 5.92 Å². The van der Waals surface area contributed by atoms with Gasteiger partial charge in [-0.3, -0.25) is 4.98 Å². The monoisotopic (exact) mass is 295 g/mol. The van der Waals surface area contributed by atoms with Crippen LogP contribution in [-0.4, -0.2) is 27.7 Å². The summed E-state index contributed by atoms with van der Waals surface area (Å²) in [5, 5.41) is -0.112. The third kappa shape index (κ3) is 3.70. The largest absolute Gasteiger partial charge is 0.381 e. The molecule has 0 aliphatic rings. The number of pyridine rings is 1. The van der Waals surface area contributed by atoms with Crippen molar-refractivity contribution in [2.45, 2.75) is 39.1 Å². The molecule has 0 saturated heterocycles. The molecule has 0 aliphatic carbocycles. The van der Waals surface area contributed by atoms with Crippen molar-refractivity contribution >= 4 is 22.6 Å². The van der Waals surface area contributed by atoms with Crippen molar-refractivity contribution in [2.75, 3.05) is 13.2 Å². The van der Waals surface area contributed by atoms with Crippen molar-refractivity contribution in [3.05, 3.63) is 24.3 Å². The second-order valence-electron chi connectivity index (χ2n) is 5.42. The van der Waals surface area contributed by atoms with E-state index in [0.717, 1.165) is 43.0 Å². The molecule has 0 amide bonds. The van der Waals surface area contributed by atoms with Gasteiger partial charge in [-0.15, -0.1) is 11.6 Å². The highest BCUT2D eigenvalue weighted by Gasteiger charge is 2.14. The lowest BCUT2D eigenvalue weighted by atomic mass is 10.2. The van der Waals surface area contributed by atoms with Gasteiger partial charge in [0.25, 0.3) is 0 Å². The minimum Gasteiger partial charge on any atom is -0.381 e. The minimum atomic E-state index is -0.112. The van der Waals surface area contributed by atoms with Gasteiger partial charge in [0.2, 0.25) is 0 Å². The first kappa shape index (κ1) is 15.3. The van der Waals surface area contributed by atoms with E-state index in [1.54, 1.807) is 12.4 Å². The molecule has 0 aliphatic heterocycles. The van der Waals surface area contributed by atoms with Gasteiger partial charge in [-0.25, -0.2) is 4.98 Å². The number of imidazole rings is 1. The van der Waals surface area contributed by atoms with E-state index in [-0.39, 0.29) is 5.38 Å². The fourth-order valence-corrected chi connectivity index (χ4v) is 2.35. The zero-order valence-electron chi connectivity index (χ0n) is 12.3. The Hall–Kier alpha value is -1.13. The van der Waals surface area contributed by atoms with Crippen LogP contribution in [0.3, 0.4) is 0 Å². The molecule has 0 saturated carbocycles. The lowest BCUT2D eigenvalue weighted by molar-refractivity contribution is 0.105. The average Bonchev–Trinajstić information content (AvgIpc) is 2.77. The normalized spacial score (nSPS) is 13.2. The molecular weight excluding hydrogens is 274 g/mol. The van der Waals surface area contributed by atoms with Crippen LogP contribution in [0.25, 0.3) is 11.0 Å². The number of fused-ring (bicyclic) bond motifs is 1. The number of hydrogen-bond acceptors (Lipinski definition) is 3. The van der Waals surface area contributed by atoms with Crippen LogP contribution < -0.4 is 0 Å². The molecule has 20 heavy (non-hydrogen) atoms. The Morgan fingerprint density at radius 2 is 2.15 bits per heavy atom. The first-order valence-electron chi connectivity index (χ1n) is 7.11. The summed E-state index contributed by atoms with van der Waals surface area (Å²) in [5.74, 6) is 1.48. The van der Waals surface area contributed by atoms with Crippen LogP contribution in [-0.2, 0) is 11.3 Å². The van der Waals surface area contributed by atoms with E-state index in [2.05, 4.69) is 28.4 Å². The summed E-state index contributed by atoms with van der Waals surface area (Å²) in [4.78, 5) is 8.68. The maximum atomic E-state index is 6.23. The highest BCUT2D eigenvalue weighted by Crippen LogP contribution is 2.24. The summed E-state index contributed by atoms with van der Waals surface area (Å²) in [6.45, 7) is 8.70. The molecule has 0 radical (unpaired) electrons. The van der Waals surface area contributed by atoms with E-state index in [9.17, 15) is 0 Å². The molecule has 2 aromatic heterocycles. The van der Waals surface area contributed by atoms with Gasteiger partial charge in [0.05, 0.1) is 17.1 Å². The Balaban J connectivity index is 2.06. The van der Waals surface area contributed by atoms with Crippen LogP contribution in [0.1, 0.15) is 38.4 Å². The molecule has 1 unspecified atom stereocenters. The Bertz CT molecular complexity index is 551. The van der Waals surface area contributed by atoms with Gasteiger partial charge in [0.15, 0.2) is 0 Å². The van der Waals surface area contributed by atoms with Crippen molar-refractivity contribution in [3.63, 3.8) is 0 Å². The van der Waals surface area contributed by atoms with Gasteiger partial charge >= 0.3 is 0 Å². The first-order valence-corrected chi connectivity index (χ1v) is 7.55. The Morgan fingerprint density at radius 1 is 1.35 bits per heavy atom. The number of halogens is 1. The van der Waals surface area contributed by atoms with Crippen LogP contribution in [0.15, 0.2) is 18.5 Å². The highest BCUT2D eigenvalue weighted by molar-refractivity contribution is 6.20. The van der Waals surface area contributed by atoms with E-state index < -0.39 is 0 Å². The number of aromatic nitrogens is 3. The van der Waals surface area contributed by atoms with Gasteiger partial charge in [0.1, 0.15) is 11.3 Å². The highest BCUT2D eigenvalue weighted by atomic mass is 35.5. The van der Waals surface area contributed by atoms with E-state index in [1.807, 2.05) is 13.0 Å². The van der Waals surface area contributed by atoms with Crippen molar-refractivity contribution in [2.24, 2.45) is 5.92 Å². The quantitative estimate of drug-likeness (QED) is 0.576. The van der Waals surface area contributed by atoms with Crippen molar-refractivity contribution in [3.8, 4) is 0 Å². The number of ether oxygens (including phenoxy) is 1. The standard InChI is InChI=1S/C15H22ClN3O/c1-11(2)10-20-8-4-7-19-14-5-6-17-9-13(14)18-15(19)12(3)16/h5-6,9,11-12H,4,7-8,10H2,1-3H3. The lowest BCUT2D eigenvalue weighted by Crippen LogP contribution is -2.09. The van der Waals surface area contributed by atoms with Gasteiger partial charge in [0, 0.05) is 26.0 Å². The number of rotatable bonds is 7. The lowest BCUT2D eigenvalue weighted by Gasteiger charge is -2.11. The topological polar surface area (TPSA) is 39.9 Å². The van der Waals surface area contributed by atoms with Gasteiger partial charge in [-0.1, -0.05) is 13.8 Å². The SMILES string of the molecule is CC(C)COCCCn1c(C(C)Cl)nc2cnccc21. The molecule has 0 bridgehead atoms. The predicted molar refractivity (Wildman–Crippen MR) is 82.1 cm³/mol. The van der Waals surface area contributed by atoms with Crippen LogP contribution >= 0.6 is 11.6 Å². The van der Waals surface area contributed by atoms with E-state index >= 15 is 0 Å². The number of nitrogens with zero attached hydrogens (tertiary/aromatic N) is 3. The van der Waals surface area contributed by atoms with Gasteiger partial charge in [-0.2, -0.15) is 0 Å². The fraction of sp³-hybridized carbons (Fsp3) is 0.600. The van der Waals surface area contributed by atoms with Gasteiger partial charge < -0.3 is 9.30 Å². The second kappa shape index (κ2) is 7.04. The molecular formula is C15H22ClN3O. The van der Waals surface area contributed by atoms with Crippen LogP contribution in [0, 0.1) is 5.92 Å². The van der Waals surface area contributed by atoms with Crippen molar-refractivity contribution < 1.29 is 4.74 Å². The molecule has 0 aromatic carbocycles. The molecule has 110 valence electrons. The molecule has 2 heterocycles. The molecule has 0 N–H and O–H groups in total.